The van der Waals surface area contributed by atoms with Gasteiger partial charge in [0.15, 0.2) is 6.10 Å². The second kappa shape index (κ2) is 9.21. The Bertz CT molecular complexity index is 1100. The van der Waals surface area contributed by atoms with Crippen LogP contribution in [0.3, 0.4) is 0 Å². The van der Waals surface area contributed by atoms with Crippen LogP contribution < -0.4 is 15.6 Å². The van der Waals surface area contributed by atoms with Gasteiger partial charge in [-0.25, -0.2) is 9.67 Å². The smallest absolute Gasteiger partial charge is 0.266 e. The number of amides is 1. The topological polar surface area (TPSA) is 86.1 Å². The van der Waals surface area contributed by atoms with Crippen molar-refractivity contribution in [1.82, 2.24) is 20.1 Å². The van der Waals surface area contributed by atoms with E-state index in [2.05, 4.69) is 15.4 Å². The maximum atomic E-state index is 12.4. The SMILES string of the molecule is Cc1cc(C)cc(OC(C)C(=O)NCCn2nc(-c3sc(C)nc3C)ccc2=O)c1. The van der Waals surface area contributed by atoms with Crippen molar-refractivity contribution in [3.8, 4) is 16.3 Å². The Morgan fingerprint density at radius 1 is 1.17 bits per heavy atom. The van der Waals surface area contributed by atoms with E-state index < -0.39 is 6.10 Å². The van der Waals surface area contributed by atoms with E-state index in [0.717, 1.165) is 26.7 Å². The Kier molecular flexibility index (Phi) is 6.66. The number of hydrogen-bond acceptors (Lipinski definition) is 6. The summed E-state index contributed by atoms with van der Waals surface area (Å²) in [4.78, 5) is 29.9. The normalized spacial score (nSPS) is 11.9. The summed E-state index contributed by atoms with van der Waals surface area (Å²) < 4.78 is 7.12. The molecule has 1 atom stereocenters. The molecule has 1 aromatic carbocycles. The quantitative estimate of drug-likeness (QED) is 0.627. The number of rotatable bonds is 7. The molecule has 158 valence electrons. The first-order valence-electron chi connectivity index (χ1n) is 9.78. The molecule has 3 aromatic rings. The summed E-state index contributed by atoms with van der Waals surface area (Å²) >= 11 is 1.54. The third-order valence-electron chi connectivity index (χ3n) is 4.50. The van der Waals surface area contributed by atoms with E-state index in [-0.39, 0.29) is 24.6 Å². The molecule has 3 rings (SSSR count). The highest BCUT2D eigenvalue weighted by molar-refractivity contribution is 7.15. The summed E-state index contributed by atoms with van der Waals surface area (Å²) in [6.07, 6.45) is -0.648. The predicted molar refractivity (Wildman–Crippen MR) is 118 cm³/mol. The van der Waals surface area contributed by atoms with Gasteiger partial charge >= 0.3 is 0 Å². The minimum absolute atomic E-state index is 0.216. The number of carbonyl (C=O) groups is 1. The molecule has 0 aliphatic carbocycles. The Morgan fingerprint density at radius 2 is 1.87 bits per heavy atom. The van der Waals surface area contributed by atoms with E-state index in [1.54, 1.807) is 24.3 Å². The molecule has 8 heteroatoms. The van der Waals surface area contributed by atoms with Crippen molar-refractivity contribution < 1.29 is 9.53 Å². The molecule has 0 saturated heterocycles. The minimum Gasteiger partial charge on any atom is -0.481 e. The number of ether oxygens (including phenoxy) is 1. The fourth-order valence-electron chi connectivity index (χ4n) is 3.19. The Labute approximate surface area is 179 Å². The van der Waals surface area contributed by atoms with Crippen LogP contribution in [0, 0.1) is 27.7 Å². The number of hydrogen-bond donors (Lipinski definition) is 1. The van der Waals surface area contributed by atoms with Crippen LogP contribution in [0.25, 0.3) is 10.6 Å². The van der Waals surface area contributed by atoms with Gasteiger partial charge in [0.25, 0.3) is 11.5 Å². The minimum atomic E-state index is -0.648. The van der Waals surface area contributed by atoms with Crippen LogP contribution in [-0.2, 0) is 11.3 Å². The largest absolute Gasteiger partial charge is 0.481 e. The van der Waals surface area contributed by atoms with E-state index >= 15 is 0 Å². The van der Waals surface area contributed by atoms with E-state index in [4.69, 9.17) is 4.74 Å². The molecule has 1 N–H and O–H groups in total. The van der Waals surface area contributed by atoms with Gasteiger partial charge in [-0.05, 0) is 63.9 Å². The van der Waals surface area contributed by atoms with Crippen molar-refractivity contribution in [2.75, 3.05) is 6.54 Å². The summed E-state index contributed by atoms with van der Waals surface area (Å²) in [5, 5.41) is 8.20. The molecule has 1 amide bonds. The second-order valence-electron chi connectivity index (χ2n) is 7.30. The molecule has 2 heterocycles. The average molecular weight is 427 g/mol. The van der Waals surface area contributed by atoms with Crippen LogP contribution in [0.5, 0.6) is 5.75 Å². The fraction of sp³-hybridized carbons (Fsp3) is 0.364. The first-order chi connectivity index (χ1) is 14.2. The van der Waals surface area contributed by atoms with Crippen LogP contribution in [-0.4, -0.2) is 33.3 Å². The van der Waals surface area contributed by atoms with Gasteiger partial charge in [0.1, 0.15) is 11.4 Å². The van der Waals surface area contributed by atoms with E-state index in [1.165, 1.54) is 10.7 Å². The standard InChI is InChI=1S/C22H26N4O3S/c1-13-10-14(2)12-18(11-13)29-16(4)22(28)23-8-9-26-20(27)7-6-19(25-26)21-15(3)24-17(5)30-21/h6-7,10-12,16H,8-9H2,1-5H3,(H,23,28). The van der Waals surface area contributed by atoms with Crippen LogP contribution in [0.1, 0.15) is 28.8 Å². The zero-order valence-corrected chi connectivity index (χ0v) is 18.7. The molecule has 0 saturated carbocycles. The molecule has 7 nitrogen and oxygen atoms in total. The lowest BCUT2D eigenvalue weighted by Gasteiger charge is -2.16. The van der Waals surface area contributed by atoms with Crippen molar-refractivity contribution in [2.45, 2.75) is 47.3 Å². The second-order valence-corrected chi connectivity index (χ2v) is 8.51. The number of nitrogens with one attached hydrogen (secondary N) is 1. The number of thiazole rings is 1. The van der Waals surface area contributed by atoms with Crippen molar-refractivity contribution >= 4 is 17.2 Å². The van der Waals surface area contributed by atoms with Crippen LogP contribution in [0.2, 0.25) is 0 Å². The lowest BCUT2D eigenvalue weighted by molar-refractivity contribution is -0.127. The summed E-state index contributed by atoms with van der Waals surface area (Å²) in [6.45, 7) is 10.1. The first-order valence-corrected chi connectivity index (χ1v) is 10.6. The molecule has 0 radical (unpaired) electrons. The predicted octanol–water partition coefficient (Wildman–Crippen LogP) is 3.18. The summed E-state index contributed by atoms with van der Waals surface area (Å²) in [5.41, 5.74) is 3.53. The average Bonchev–Trinajstić information content (AvgIpc) is 3.00. The van der Waals surface area contributed by atoms with Crippen LogP contribution in [0.15, 0.2) is 35.1 Å². The number of nitrogens with zero attached hydrogens (tertiary/aromatic N) is 3. The monoisotopic (exact) mass is 426 g/mol. The van der Waals surface area contributed by atoms with Gasteiger partial charge in [-0.1, -0.05) is 6.07 Å². The molecule has 2 aromatic heterocycles. The van der Waals surface area contributed by atoms with E-state index in [0.29, 0.717) is 11.4 Å². The molecule has 1 unspecified atom stereocenters. The molecular formula is C22H26N4O3S. The highest BCUT2D eigenvalue weighted by Crippen LogP contribution is 2.27. The van der Waals surface area contributed by atoms with Gasteiger partial charge in [0, 0.05) is 12.6 Å². The number of aromatic nitrogens is 3. The van der Waals surface area contributed by atoms with Gasteiger partial charge in [-0.3, -0.25) is 9.59 Å². The van der Waals surface area contributed by atoms with Crippen molar-refractivity contribution in [3.63, 3.8) is 0 Å². The Balaban J connectivity index is 1.60. The third-order valence-corrected chi connectivity index (χ3v) is 5.60. The number of benzene rings is 1. The maximum Gasteiger partial charge on any atom is 0.266 e. The Morgan fingerprint density at radius 3 is 2.50 bits per heavy atom. The molecule has 0 bridgehead atoms. The van der Waals surface area contributed by atoms with Gasteiger partial charge in [-0.15, -0.1) is 11.3 Å². The first kappa shape index (κ1) is 21.7. The van der Waals surface area contributed by atoms with Crippen LogP contribution in [0.4, 0.5) is 0 Å². The van der Waals surface area contributed by atoms with Gasteiger partial charge < -0.3 is 10.1 Å². The zero-order chi connectivity index (χ0) is 21.8. The molecule has 0 aliphatic heterocycles. The zero-order valence-electron chi connectivity index (χ0n) is 17.9. The number of carbonyl (C=O) groups excluding carboxylic acids is 1. The number of aryl methyl sites for hydroxylation is 4. The Hall–Kier alpha value is -3.00. The summed E-state index contributed by atoms with van der Waals surface area (Å²) in [6, 6.07) is 9.04. The molecule has 30 heavy (non-hydrogen) atoms. The van der Waals surface area contributed by atoms with Gasteiger partial charge in [0.2, 0.25) is 0 Å². The molecule has 0 fully saturated rings. The van der Waals surface area contributed by atoms with Crippen molar-refractivity contribution in [2.24, 2.45) is 0 Å². The lowest BCUT2D eigenvalue weighted by Crippen LogP contribution is -2.39. The molecular weight excluding hydrogens is 400 g/mol. The van der Waals surface area contributed by atoms with E-state index in [1.807, 2.05) is 45.9 Å². The fourth-order valence-corrected chi connectivity index (χ4v) is 4.07. The van der Waals surface area contributed by atoms with Gasteiger partial charge in [-0.2, -0.15) is 5.10 Å². The maximum absolute atomic E-state index is 12.4. The third kappa shape index (κ3) is 5.33. The molecule has 0 aliphatic rings. The van der Waals surface area contributed by atoms with Crippen LogP contribution >= 0.6 is 11.3 Å². The lowest BCUT2D eigenvalue weighted by atomic mass is 10.1. The molecule has 0 spiro atoms. The summed E-state index contributed by atoms with van der Waals surface area (Å²) in [7, 11) is 0. The van der Waals surface area contributed by atoms with Crippen molar-refractivity contribution in [1.29, 1.82) is 0 Å². The van der Waals surface area contributed by atoms with E-state index in [9.17, 15) is 9.59 Å². The highest BCUT2D eigenvalue weighted by Gasteiger charge is 2.15. The summed E-state index contributed by atoms with van der Waals surface area (Å²) in [5.74, 6) is 0.420. The highest BCUT2D eigenvalue weighted by atomic mass is 32.1. The van der Waals surface area contributed by atoms with Gasteiger partial charge in [0.05, 0.1) is 22.1 Å². The van der Waals surface area contributed by atoms with Crippen molar-refractivity contribution in [3.05, 3.63) is 62.5 Å².